The fraction of sp³-hybridized carbons (Fsp3) is 0.533. The Bertz CT molecular complexity index is 626. The Morgan fingerprint density at radius 3 is 2.71 bits per heavy atom. The largest absolute Gasteiger partial charge is 0.492 e. The highest BCUT2D eigenvalue weighted by molar-refractivity contribution is 14.0. The number of hydrogen-bond acceptors (Lipinski definition) is 4. The molecule has 0 bridgehead atoms. The average molecular weight is 473 g/mol. The van der Waals surface area contributed by atoms with Crippen molar-refractivity contribution in [3.8, 4) is 5.75 Å². The molecule has 0 saturated carbocycles. The summed E-state index contributed by atoms with van der Waals surface area (Å²) in [6, 6.07) is 5.92. The topological polar surface area (TPSA) is 79.8 Å². The van der Waals surface area contributed by atoms with Crippen LogP contribution >= 0.6 is 24.0 Å². The standard InChI is InChI=1S/C15H24FN3O3S.HI/c1-12(7-10-23(3,20)21)19-15(17-2)18-8-9-22-14-6-4-5-13(16)11-14;/h4-6,11-12H,7-10H2,1-3H3,(H2,17,18,19);1H. The van der Waals surface area contributed by atoms with Gasteiger partial charge in [-0.3, -0.25) is 4.99 Å². The predicted molar refractivity (Wildman–Crippen MR) is 106 cm³/mol. The third kappa shape index (κ3) is 10.6. The number of nitrogens with zero attached hydrogens (tertiary/aromatic N) is 1. The second-order valence-corrected chi connectivity index (χ2v) is 7.53. The molecule has 0 aromatic heterocycles. The maximum atomic E-state index is 13.0. The summed E-state index contributed by atoms with van der Waals surface area (Å²) >= 11 is 0. The number of sulfone groups is 1. The lowest BCUT2D eigenvalue weighted by atomic mass is 10.3. The van der Waals surface area contributed by atoms with Gasteiger partial charge in [0.2, 0.25) is 0 Å². The Kier molecular flexibility index (Phi) is 10.9. The first-order chi connectivity index (χ1) is 10.8. The molecule has 24 heavy (non-hydrogen) atoms. The zero-order valence-electron chi connectivity index (χ0n) is 14.1. The van der Waals surface area contributed by atoms with E-state index in [0.29, 0.717) is 31.3 Å². The highest BCUT2D eigenvalue weighted by atomic mass is 127. The van der Waals surface area contributed by atoms with E-state index in [-0.39, 0.29) is 41.6 Å². The molecule has 0 amide bonds. The fourth-order valence-electron chi connectivity index (χ4n) is 1.79. The number of ether oxygens (including phenoxy) is 1. The Hall–Kier alpha value is -1.10. The molecule has 0 aliphatic heterocycles. The van der Waals surface area contributed by atoms with Crippen molar-refractivity contribution in [2.75, 3.05) is 32.2 Å². The van der Waals surface area contributed by atoms with Gasteiger partial charge in [-0.05, 0) is 25.5 Å². The van der Waals surface area contributed by atoms with Gasteiger partial charge in [0.15, 0.2) is 5.96 Å². The number of halogens is 2. The van der Waals surface area contributed by atoms with E-state index >= 15 is 0 Å². The van der Waals surface area contributed by atoms with Crippen molar-refractivity contribution in [2.24, 2.45) is 4.99 Å². The summed E-state index contributed by atoms with van der Waals surface area (Å²) in [6.07, 6.45) is 1.72. The van der Waals surface area contributed by atoms with Gasteiger partial charge in [0.25, 0.3) is 0 Å². The molecule has 138 valence electrons. The first kappa shape index (κ1) is 22.9. The van der Waals surface area contributed by atoms with E-state index in [9.17, 15) is 12.8 Å². The summed E-state index contributed by atoms with van der Waals surface area (Å²) in [7, 11) is -1.34. The molecule has 2 N–H and O–H groups in total. The van der Waals surface area contributed by atoms with Crippen molar-refractivity contribution in [2.45, 2.75) is 19.4 Å². The third-order valence-corrected chi connectivity index (χ3v) is 3.96. The van der Waals surface area contributed by atoms with Gasteiger partial charge in [-0.15, -0.1) is 24.0 Å². The Balaban J connectivity index is 0.00000529. The van der Waals surface area contributed by atoms with Gasteiger partial charge in [0.05, 0.1) is 12.3 Å². The van der Waals surface area contributed by atoms with E-state index in [1.54, 1.807) is 19.2 Å². The highest BCUT2D eigenvalue weighted by Crippen LogP contribution is 2.11. The first-order valence-electron chi connectivity index (χ1n) is 7.33. The van der Waals surface area contributed by atoms with Crippen LogP contribution in [0.15, 0.2) is 29.3 Å². The molecule has 0 aliphatic rings. The van der Waals surface area contributed by atoms with E-state index in [1.165, 1.54) is 18.4 Å². The lowest BCUT2D eigenvalue weighted by Gasteiger charge is -2.17. The molecule has 0 radical (unpaired) electrons. The van der Waals surface area contributed by atoms with Crippen LogP contribution < -0.4 is 15.4 Å². The SMILES string of the molecule is CN=C(NCCOc1cccc(F)c1)NC(C)CCS(C)(=O)=O.I. The van der Waals surface area contributed by atoms with E-state index in [0.717, 1.165) is 0 Å². The van der Waals surface area contributed by atoms with Crippen molar-refractivity contribution in [3.05, 3.63) is 30.1 Å². The maximum Gasteiger partial charge on any atom is 0.191 e. The Labute approximate surface area is 160 Å². The summed E-state index contributed by atoms with van der Waals surface area (Å²) in [5, 5.41) is 6.16. The molecular weight excluding hydrogens is 448 g/mol. The molecule has 0 saturated heterocycles. The lowest BCUT2D eigenvalue weighted by Crippen LogP contribution is -2.44. The molecule has 1 rings (SSSR count). The van der Waals surface area contributed by atoms with Crippen molar-refractivity contribution in [1.82, 2.24) is 10.6 Å². The Morgan fingerprint density at radius 1 is 1.42 bits per heavy atom. The average Bonchev–Trinajstić information content (AvgIpc) is 2.47. The lowest BCUT2D eigenvalue weighted by molar-refractivity contribution is 0.320. The normalized spacial score (nSPS) is 12.9. The minimum Gasteiger partial charge on any atom is -0.492 e. The molecule has 0 heterocycles. The number of hydrogen-bond donors (Lipinski definition) is 2. The maximum absolute atomic E-state index is 13.0. The number of guanidine groups is 1. The van der Waals surface area contributed by atoms with Crippen molar-refractivity contribution < 1.29 is 17.5 Å². The van der Waals surface area contributed by atoms with Crippen molar-refractivity contribution in [3.63, 3.8) is 0 Å². The molecule has 0 aliphatic carbocycles. The molecule has 6 nitrogen and oxygen atoms in total. The van der Waals surface area contributed by atoms with E-state index in [1.807, 2.05) is 6.92 Å². The smallest absolute Gasteiger partial charge is 0.191 e. The van der Waals surface area contributed by atoms with Gasteiger partial charge >= 0.3 is 0 Å². The van der Waals surface area contributed by atoms with Gasteiger partial charge in [-0.25, -0.2) is 12.8 Å². The van der Waals surface area contributed by atoms with Crippen LogP contribution in [-0.2, 0) is 9.84 Å². The van der Waals surface area contributed by atoms with Crippen LogP contribution in [0.2, 0.25) is 0 Å². The second kappa shape index (κ2) is 11.5. The molecule has 0 spiro atoms. The number of aliphatic imine (C=N–C) groups is 1. The second-order valence-electron chi connectivity index (χ2n) is 5.27. The third-order valence-electron chi connectivity index (χ3n) is 2.99. The van der Waals surface area contributed by atoms with E-state index in [2.05, 4.69) is 15.6 Å². The first-order valence-corrected chi connectivity index (χ1v) is 9.39. The van der Waals surface area contributed by atoms with Gasteiger partial charge in [0, 0.05) is 25.4 Å². The van der Waals surface area contributed by atoms with Crippen LogP contribution in [0, 0.1) is 5.82 Å². The highest BCUT2D eigenvalue weighted by Gasteiger charge is 2.09. The van der Waals surface area contributed by atoms with Crippen molar-refractivity contribution >= 4 is 39.8 Å². The van der Waals surface area contributed by atoms with Gasteiger partial charge in [-0.1, -0.05) is 6.07 Å². The minimum absolute atomic E-state index is 0. The van der Waals surface area contributed by atoms with Gasteiger partial charge in [-0.2, -0.15) is 0 Å². The van der Waals surface area contributed by atoms with Crippen LogP contribution in [-0.4, -0.2) is 52.6 Å². The van der Waals surface area contributed by atoms with Crippen molar-refractivity contribution in [1.29, 1.82) is 0 Å². The monoisotopic (exact) mass is 473 g/mol. The van der Waals surface area contributed by atoms with Gasteiger partial charge < -0.3 is 15.4 Å². The molecule has 1 unspecified atom stereocenters. The summed E-state index contributed by atoms with van der Waals surface area (Å²) in [5.74, 6) is 0.818. The predicted octanol–water partition coefficient (Wildman–Crippen LogP) is 1.81. The zero-order chi connectivity index (χ0) is 17.3. The number of rotatable bonds is 8. The Morgan fingerprint density at radius 2 is 2.12 bits per heavy atom. The summed E-state index contributed by atoms with van der Waals surface area (Å²) in [5.41, 5.74) is 0. The summed E-state index contributed by atoms with van der Waals surface area (Å²) in [6.45, 7) is 2.72. The van der Waals surface area contributed by atoms with Gasteiger partial charge in [0.1, 0.15) is 28.0 Å². The molecule has 0 fully saturated rings. The number of nitrogens with one attached hydrogen (secondary N) is 2. The molecule has 1 aromatic rings. The number of benzene rings is 1. The minimum atomic E-state index is -2.97. The summed E-state index contributed by atoms with van der Waals surface area (Å²) in [4.78, 5) is 4.06. The van der Waals surface area contributed by atoms with Crippen LogP contribution in [0.4, 0.5) is 4.39 Å². The molecular formula is C15H25FIN3O3S. The summed E-state index contributed by atoms with van der Waals surface area (Å²) < 4.78 is 40.7. The van der Waals surface area contributed by atoms with Crippen LogP contribution in [0.3, 0.4) is 0 Å². The quantitative estimate of drug-likeness (QED) is 0.261. The molecule has 9 heteroatoms. The van der Waals surface area contributed by atoms with Crippen LogP contribution in [0.1, 0.15) is 13.3 Å². The van der Waals surface area contributed by atoms with E-state index in [4.69, 9.17) is 4.74 Å². The fourth-order valence-corrected chi connectivity index (χ4v) is 2.57. The molecule has 1 aromatic carbocycles. The van der Waals surface area contributed by atoms with E-state index < -0.39 is 9.84 Å². The van der Waals surface area contributed by atoms with Crippen LogP contribution in [0.25, 0.3) is 0 Å². The van der Waals surface area contributed by atoms with Crippen LogP contribution in [0.5, 0.6) is 5.75 Å². The molecule has 1 atom stereocenters. The zero-order valence-corrected chi connectivity index (χ0v) is 17.2.